The molecule has 0 spiro atoms. The molecule has 2 atom stereocenters. The average Bonchev–Trinajstić information content (AvgIpc) is 2.22. The molecule has 0 saturated heterocycles. The van der Waals surface area contributed by atoms with Crippen LogP contribution >= 0.6 is 0 Å². The van der Waals surface area contributed by atoms with E-state index in [0.717, 1.165) is 0 Å². The molecular weight excluding hydrogens is 208 g/mol. The number of ketones is 1. The maximum absolute atomic E-state index is 11.7. The molecule has 16 heavy (non-hydrogen) atoms. The Labute approximate surface area is 94.2 Å². The lowest BCUT2D eigenvalue weighted by Crippen LogP contribution is -2.37. The van der Waals surface area contributed by atoms with Crippen molar-refractivity contribution < 1.29 is 20.1 Å². The maximum atomic E-state index is 11.7. The number of benzene rings is 1. The predicted octanol–water partition coefficient (Wildman–Crippen LogP) is 0.594. The molecule has 4 heteroatoms. The minimum Gasteiger partial charge on any atom is -0.851 e. The summed E-state index contributed by atoms with van der Waals surface area (Å²) in [7, 11) is 0. The third-order valence-corrected chi connectivity index (χ3v) is 2.68. The van der Waals surface area contributed by atoms with Gasteiger partial charge in [0.25, 0.3) is 0 Å². The lowest BCUT2D eigenvalue weighted by molar-refractivity contribution is -0.427. The van der Waals surface area contributed by atoms with Gasteiger partial charge >= 0.3 is 0 Å². The van der Waals surface area contributed by atoms with Crippen LogP contribution in [-0.4, -0.2) is 22.1 Å². The van der Waals surface area contributed by atoms with Gasteiger partial charge in [0.2, 0.25) is 0 Å². The summed E-state index contributed by atoms with van der Waals surface area (Å²) in [5.74, 6) is -1.15. The molecule has 1 aromatic rings. The van der Waals surface area contributed by atoms with Crippen LogP contribution in [0.15, 0.2) is 18.2 Å². The Bertz CT molecular complexity index is 387. The largest absolute Gasteiger partial charge is 0.851 e. The average molecular weight is 223 g/mol. The number of carbonyl (C=O) groups excluding carboxylic acids is 1. The van der Waals surface area contributed by atoms with Crippen molar-refractivity contribution in [1.29, 1.82) is 0 Å². The lowest BCUT2D eigenvalue weighted by atomic mass is 9.95. The second-order valence-corrected chi connectivity index (χ2v) is 3.96. The number of Topliss-reactive ketones (excluding diaryl/α,β-unsaturated/α-hetero) is 1. The van der Waals surface area contributed by atoms with Gasteiger partial charge in [-0.3, -0.25) is 4.79 Å². The fraction of sp³-hybridized carbons (Fsp3) is 0.417. The first-order chi connectivity index (χ1) is 7.41. The second-order valence-electron chi connectivity index (χ2n) is 3.96. The van der Waals surface area contributed by atoms with Gasteiger partial charge in [-0.25, -0.2) is 0 Å². The van der Waals surface area contributed by atoms with Crippen molar-refractivity contribution in [2.45, 2.75) is 26.4 Å². The van der Waals surface area contributed by atoms with Gasteiger partial charge in [-0.1, -0.05) is 13.0 Å². The fourth-order valence-electron chi connectivity index (χ4n) is 1.37. The van der Waals surface area contributed by atoms with Gasteiger partial charge in [-0.05, 0) is 31.0 Å². The van der Waals surface area contributed by atoms with Crippen molar-refractivity contribution in [3.05, 3.63) is 23.8 Å². The summed E-state index contributed by atoms with van der Waals surface area (Å²) in [6.45, 7) is 2.99. The molecule has 1 aromatic carbocycles. The van der Waals surface area contributed by atoms with E-state index < -0.39 is 12.0 Å². The molecule has 2 N–H and O–H groups in total. The van der Waals surface area contributed by atoms with E-state index in [1.165, 1.54) is 19.1 Å². The monoisotopic (exact) mass is 223 g/mol. The molecule has 0 saturated carbocycles. The van der Waals surface area contributed by atoms with Crippen LogP contribution in [0.25, 0.3) is 0 Å². The van der Waals surface area contributed by atoms with Crippen molar-refractivity contribution in [1.82, 2.24) is 0 Å². The van der Waals surface area contributed by atoms with Crippen molar-refractivity contribution in [3.63, 3.8) is 0 Å². The minimum atomic E-state index is -1.03. The first-order valence-corrected chi connectivity index (χ1v) is 5.09. The summed E-state index contributed by atoms with van der Waals surface area (Å²) in [6.07, 6.45) is -0.865. The molecule has 1 rings (SSSR count). The standard InChI is InChI=1S/C12H15O4/c1-7(8(2)13)11(15)5-9-3-4-10(14)12(16)6-9/h3-4,6-7,11,14,16H,5H2,1-2H3/q-1/t7-,11?/m1/s1. The summed E-state index contributed by atoms with van der Waals surface area (Å²) in [6, 6.07) is 4.23. The van der Waals surface area contributed by atoms with Gasteiger partial charge in [0, 0.05) is 5.92 Å². The van der Waals surface area contributed by atoms with Crippen molar-refractivity contribution in [2.75, 3.05) is 0 Å². The predicted molar refractivity (Wildman–Crippen MR) is 57.1 cm³/mol. The first kappa shape index (κ1) is 12.5. The van der Waals surface area contributed by atoms with Crippen LogP contribution in [0.3, 0.4) is 0 Å². The number of aromatic hydroxyl groups is 2. The van der Waals surface area contributed by atoms with Crippen LogP contribution in [0.4, 0.5) is 0 Å². The molecule has 1 unspecified atom stereocenters. The zero-order chi connectivity index (χ0) is 12.3. The summed E-state index contributed by atoms with van der Waals surface area (Å²) in [5, 5.41) is 30.0. The Morgan fingerprint density at radius 1 is 1.38 bits per heavy atom. The van der Waals surface area contributed by atoms with E-state index >= 15 is 0 Å². The van der Waals surface area contributed by atoms with Crippen molar-refractivity contribution >= 4 is 5.78 Å². The molecule has 4 nitrogen and oxygen atoms in total. The Morgan fingerprint density at radius 2 is 2.00 bits per heavy atom. The SMILES string of the molecule is CC(=O)[C@@H](C)C([O-])Cc1ccc(O)c(O)c1. The molecule has 0 aliphatic heterocycles. The smallest absolute Gasteiger partial charge is 0.157 e. The summed E-state index contributed by atoms with van der Waals surface area (Å²) < 4.78 is 0. The number of phenols is 2. The molecule has 0 amide bonds. The van der Waals surface area contributed by atoms with Crippen molar-refractivity contribution in [3.8, 4) is 11.5 Å². The number of hydrogen-bond acceptors (Lipinski definition) is 4. The highest BCUT2D eigenvalue weighted by molar-refractivity contribution is 5.78. The molecular formula is C12H15O4-. The minimum absolute atomic E-state index is 0.136. The van der Waals surface area contributed by atoms with Gasteiger partial charge in [-0.2, -0.15) is 0 Å². The molecule has 0 aromatic heterocycles. The van der Waals surface area contributed by atoms with Crippen molar-refractivity contribution in [2.24, 2.45) is 5.92 Å². The maximum Gasteiger partial charge on any atom is 0.157 e. The highest BCUT2D eigenvalue weighted by atomic mass is 16.3. The molecule has 0 radical (unpaired) electrons. The van der Waals surface area contributed by atoms with Crippen LogP contribution in [0, 0.1) is 5.92 Å². The van der Waals surface area contributed by atoms with E-state index in [1.54, 1.807) is 13.0 Å². The highest BCUT2D eigenvalue weighted by Gasteiger charge is 2.12. The third-order valence-electron chi connectivity index (χ3n) is 2.68. The lowest BCUT2D eigenvalue weighted by Gasteiger charge is -2.27. The second kappa shape index (κ2) is 4.99. The van der Waals surface area contributed by atoms with Gasteiger partial charge in [0.1, 0.15) is 5.78 Å². The number of hydrogen-bond donors (Lipinski definition) is 2. The number of phenolic OH excluding ortho intramolecular Hbond substituents is 2. The van der Waals surface area contributed by atoms with Crippen LogP contribution in [0.5, 0.6) is 11.5 Å². The zero-order valence-corrected chi connectivity index (χ0v) is 9.30. The van der Waals surface area contributed by atoms with Gasteiger partial charge in [0.05, 0.1) is 0 Å². The van der Waals surface area contributed by atoms with E-state index in [1.807, 2.05) is 0 Å². The molecule has 0 heterocycles. The molecule has 0 aliphatic carbocycles. The summed E-state index contributed by atoms with van der Waals surface area (Å²) >= 11 is 0. The quantitative estimate of drug-likeness (QED) is 0.732. The Morgan fingerprint density at radius 3 is 2.50 bits per heavy atom. The zero-order valence-electron chi connectivity index (χ0n) is 9.30. The summed E-state index contributed by atoms with van der Waals surface area (Å²) in [4.78, 5) is 11.0. The topological polar surface area (TPSA) is 80.6 Å². The summed E-state index contributed by atoms with van der Waals surface area (Å²) in [5.41, 5.74) is 0.614. The molecule has 0 bridgehead atoms. The van der Waals surface area contributed by atoms with E-state index in [0.29, 0.717) is 5.56 Å². The van der Waals surface area contributed by atoms with E-state index in [-0.39, 0.29) is 23.7 Å². The van der Waals surface area contributed by atoms with Gasteiger partial charge in [-0.15, -0.1) is 6.10 Å². The van der Waals surface area contributed by atoms with E-state index in [4.69, 9.17) is 5.11 Å². The van der Waals surface area contributed by atoms with Gasteiger partial charge < -0.3 is 15.3 Å². The van der Waals surface area contributed by atoms with Crippen LogP contribution in [-0.2, 0) is 11.2 Å². The first-order valence-electron chi connectivity index (χ1n) is 5.09. The van der Waals surface area contributed by atoms with Gasteiger partial charge in [0.15, 0.2) is 11.5 Å². The van der Waals surface area contributed by atoms with Crippen LogP contribution in [0.2, 0.25) is 0 Å². The molecule has 88 valence electrons. The van der Waals surface area contributed by atoms with Crippen LogP contribution < -0.4 is 5.11 Å². The highest BCUT2D eigenvalue weighted by Crippen LogP contribution is 2.25. The van der Waals surface area contributed by atoms with Crippen LogP contribution in [0.1, 0.15) is 19.4 Å². The normalized spacial score (nSPS) is 14.4. The molecule has 0 aliphatic rings. The Kier molecular flexibility index (Phi) is 3.90. The van der Waals surface area contributed by atoms with E-state index in [2.05, 4.69) is 0 Å². The molecule has 0 fully saturated rings. The third kappa shape index (κ3) is 2.97. The van der Waals surface area contributed by atoms with E-state index in [9.17, 15) is 15.0 Å². The fourth-order valence-corrected chi connectivity index (χ4v) is 1.37. The Balaban J connectivity index is 2.73. The number of rotatable bonds is 4. The number of carbonyl (C=O) groups is 1. The Hall–Kier alpha value is -1.55.